The minimum absolute atomic E-state index is 0.635. The lowest BCUT2D eigenvalue weighted by molar-refractivity contribution is 0.780. The summed E-state index contributed by atoms with van der Waals surface area (Å²) in [6.45, 7) is 2.42. The minimum atomic E-state index is 0.635. The molecule has 0 atom stereocenters. The monoisotopic (exact) mass is 174 g/mol. The topological polar surface area (TPSA) is 24.1 Å². The Hall–Kier alpha value is -1.46. The summed E-state index contributed by atoms with van der Waals surface area (Å²) in [5, 5.41) is 6.38. The summed E-state index contributed by atoms with van der Waals surface area (Å²) in [4.78, 5) is 0. The second-order valence-corrected chi connectivity index (χ2v) is 2.67. The van der Waals surface area contributed by atoms with E-state index < -0.39 is 0 Å². The SMILES string of the molecule is C#CCNCCNc1ccccc1. The quantitative estimate of drug-likeness (QED) is 0.519. The molecular formula is C11H14N2. The third-order valence-corrected chi connectivity index (χ3v) is 1.63. The van der Waals surface area contributed by atoms with Crippen molar-refractivity contribution < 1.29 is 0 Å². The van der Waals surface area contributed by atoms with Gasteiger partial charge < -0.3 is 10.6 Å². The summed E-state index contributed by atoms with van der Waals surface area (Å²) in [6.07, 6.45) is 5.09. The lowest BCUT2D eigenvalue weighted by Crippen LogP contribution is -2.22. The van der Waals surface area contributed by atoms with Crippen molar-refractivity contribution in [2.45, 2.75) is 0 Å². The molecule has 0 amide bonds. The lowest BCUT2D eigenvalue weighted by Gasteiger charge is -2.05. The molecule has 0 saturated heterocycles. The molecule has 0 unspecified atom stereocenters. The Kier molecular flexibility index (Phi) is 4.52. The number of para-hydroxylation sites is 1. The molecule has 0 aromatic heterocycles. The average molecular weight is 174 g/mol. The van der Waals surface area contributed by atoms with Gasteiger partial charge in [0.1, 0.15) is 0 Å². The summed E-state index contributed by atoms with van der Waals surface area (Å²) in [7, 11) is 0. The summed E-state index contributed by atoms with van der Waals surface area (Å²) in [5.74, 6) is 2.53. The maximum absolute atomic E-state index is 5.09. The van der Waals surface area contributed by atoms with Gasteiger partial charge in [-0.25, -0.2) is 0 Å². The van der Waals surface area contributed by atoms with E-state index in [1.54, 1.807) is 0 Å². The van der Waals surface area contributed by atoms with Gasteiger partial charge in [-0.05, 0) is 12.1 Å². The van der Waals surface area contributed by atoms with Crippen molar-refractivity contribution in [3.05, 3.63) is 30.3 Å². The predicted molar refractivity (Wildman–Crippen MR) is 56.6 cm³/mol. The fraction of sp³-hybridized carbons (Fsp3) is 0.273. The number of nitrogens with one attached hydrogen (secondary N) is 2. The van der Waals surface area contributed by atoms with Gasteiger partial charge in [0.15, 0.2) is 0 Å². The molecule has 0 saturated carbocycles. The van der Waals surface area contributed by atoms with E-state index in [1.807, 2.05) is 30.3 Å². The van der Waals surface area contributed by atoms with Crippen LogP contribution in [-0.4, -0.2) is 19.6 Å². The zero-order valence-electron chi connectivity index (χ0n) is 7.59. The Bertz CT molecular complexity index is 261. The van der Waals surface area contributed by atoms with Gasteiger partial charge in [0.2, 0.25) is 0 Å². The van der Waals surface area contributed by atoms with E-state index in [0.717, 1.165) is 18.8 Å². The molecule has 0 bridgehead atoms. The Balaban J connectivity index is 2.11. The van der Waals surface area contributed by atoms with Crippen LogP contribution in [0.5, 0.6) is 0 Å². The molecule has 0 fully saturated rings. The number of hydrogen-bond donors (Lipinski definition) is 2. The van der Waals surface area contributed by atoms with Crippen molar-refractivity contribution in [2.75, 3.05) is 25.0 Å². The molecule has 1 aromatic carbocycles. The maximum Gasteiger partial charge on any atom is 0.0574 e. The molecule has 2 heteroatoms. The van der Waals surface area contributed by atoms with Crippen molar-refractivity contribution in [3.63, 3.8) is 0 Å². The van der Waals surface area contributed by atoms with Gasteiger partial charge in [-0.3, -0.25) is 0 Å². The van der Waals surface area contributed by atoms with Crippen molar-refractivity contribution in [1.82, 2.24) is 5.32 Å². The molecule has 2 N–H and O–H groups in total. The van der Waals surface area contributed by atoms with Crippen LogP contribution in [0, 0.1) is 12.3 Å². The first-order chi connectivity index (χ1) is 6.43. The van der Waals surface area contributed by atoms with Crippen LogP contribution >= 0.6 is 0 Å². The first kappa shape index (κ1) is 9.63. The Labute approximate surface area is 79.4 Å². The van der Waals surface area contributed by atoms with Gasteiger partial charge in [-0.2, -0.15) is 0 Å². The van der Waals surface area contributed by atoms with Gasteiger partial charge in [0, 0.05) is 18.8 Å². The van der Waals surface area contributed by atoms with Crippen LogP contribution in [0.25, 0.3) is 0 Å². The van der Waals surface area contributed by atoms with Crippen LogP contribution < -0.4 is 10.6 Å². The molecule has 0 aliphatic heterocycles. The van der Waals surface area contributed by atoms with E-state index in [4.69, 9.17) is 6.42 Å². The Morgan fingerprint density at radius 1 is 1.15 bits per heavy atom. The van der Waals surface area contributed by atoms with Crippen molar-refractivity contribution in [2.24, 2.45) is 0 Å². The molecule has 1 rings (SSSR count). The molecular weight excluding hydrogens is 160 g/mol. The smallest absolute Gasteiger partial charge is 0.0574 e. The third kappa shape index (κ3) is 4.19. The maximum atomic E-state index is 5.09. The highest BCUT2D eigenvalue weighted by Crippen LogP contribution is 2.03. The van der Waals surface area contributed by atoms with Crippen molar-refractivity contribution in [3.8, 4) is 12.3 Å². The van der Waals surface area contributed by atoms with Crippen LogP contribution in [0.4, 0.5) is 5.69 Å². The van der Waals surface area contributed by atoms with E-state index in [9.17, 15) is 0 Å². The second kappa shape index (κ2) is 6.10. The molecule has 0 aliphatic rings. The highest BCUT2D eigenvalue weighted by molar-refractivity contribution is 5.42. The molecule has 2 nitrogen and oxygen atoms in total. The van der Waals surface area contributed by atoms with Crippen molar-refractivity contribution >= 4 is 5.69 Å². The summed E-state index contributed by atoms with van der Waals surface area (Å²) < 4.78 is 0. The predicted octanol–water partition coefficient (Wildman–Crippen LogP) is 1.32. The largest absolute Gasteiger partial charge is 0.384 e. The number of rotatable bonds is 5. The number of benzene rings is 1. The van der Waals surface area contributed by atoms with Crippen LogP contribution in [0.1, 0.15) is 0 Å². The van der Waals surface area contributed by atoms with Crippen molar-refractivity contribution in [1.29, 1.82) is 0 Å². The van der Waals surface area contributed by atoms with Gasteiger partial charge in [0.25, 0.3) is 0 Å². The van der Waals surface area contributed by atoms with E-state index in [0.29, 0.717) is 6.54 Å². The van der Waals surface area contributed by atoms with Gasteiger partial charge >= 0.3 is 0 Å². The Morgan fingerprint density at radius 3 is 2.62 bits per heavy atom. The van der Waals surface area contributed by atoms with Crippen LogP contribution in [0.15, 0.2) is 30.3 Å². The van der Waals surface area contributed by atoms with Crippen LogP contribution in [0.3, 0.4) is 0 Å². The fourth-order valence-electron chi connectivity index (χ4n) is 1.01. The van der Waals surface area contributed by atoms with E-state index >= 15 is 0 Å². The molecule has 0 aliphatic carbocycles. The standard InChI is InChI=1S/C11H14N2/c1-2-8-12-9-10-13-11-6-4-3-5-7-11/h1,3-7,12-13H,8-10H2. The zero-order chi connectivity index (χ0) is 9.36. The van der Waals surface area contributed by atoms with E-state index in [2.05, 4.69) is 16.6 Å². The van der Waals surface area contributed by atoms with Crippen LogP contribution in [-0.2, 0) is 0 Å². The minimum Gasteiger partial charge on any atom is -0.384 e. The average Bonchev–Trinajstić information content (AvgIpc) is 2.19. The third-order valence-electron chi connectivity index (χ3n) is 1.63. The Morgan fingerprint density at radius 2 is 1.92 bits per heavy atom. The number of anilines is 1. The normalized spacial score (nSPS) is 9.15. The molecule has 68 valence electrons. The number of terminal acetylenes is 1. The molecule has 0 heterocycles. The van der Waals surface area contributed by atoms with Crippen LogP contribution in [0.2, 0.25) is 0 Å². The summed E-state index contributed by atoms with van der Waals surface area (Å²) in [5.41, 5.74) is 1.14. The van der Waals surface area contributed by atoms with Gasteiger partial charge in [0.05, 0.1) is 6.54 Å². The highest BCUT2D eigenvalue weighted by Gasteiger charge is 1.87. The zero-order valence-corrected chi connectivity index (χ0v) is 7.59. The second-order valence-electron chi connectivity index (χ2n) is 2.67. The van der Waals surface area contributed by atoms with Gasteiger partial charge in [-0.15, -0.1) is 6.42 Å². The van der Waals surface area contributed by atoms with E-state index in [-0.39, 0.29) is 0 Å². The fourth-order valence-corrected chi connectivity index (χ4v) is 1.01. The first-order valence-corrected chi connectivity index (χ1v) is 4.36. The highest BCUT2D eigenvalue weighted by atomic mass is 14.9. The molecule has 0 spiro atoms. The summed E-state index contributed by atoms with van der Waals surface area (Å²) in [6, 6.07) is 10.1. The molecule has 13 heavy (non-hydrogen) atoms. The molecule has 0 radical (unpaired) electrons. The summed E-state index contributed by atoms with van der Waals surface area (Å²) >= 11 is 0. The first-order valence-electron chi connectivity index (χ1n) is 4.36. The molecule has 1 aromatic rings. The van der Waals surface area contributed by atoms with Gasteiger partial charge in [-0.1, -0.05) is 24.1 Å². The van der Waals surface area contributed by atoms with E-state index in [1.165, 1.54) is 0 Å². The number of hydrogen-bond acceptors (Lipinski definition) is 2. The lowest BCUT2D eigenvalue weighted by atomic mass is 10.3.